The minimum Gasteiger partial charge on any atom is -0.337 e. The van der Waals surface area contributed by atoms with Crippen LogP contribution in [0.25, 0.3) is 0 Å². The van der Waals surface area contributed by atoms with Gasteiger partial charge in [-0.3, -0.25) is 9.89 Å². The van der Waals surface area contributed by atoms with E-state index in [1.807, 2.05) is 11.8 Å². The first-order chi connectivity index (χ1) is 6.65. The quantitative estimate of drug-likeness (QED) is 0.792. The smallest absolute Gasteiger partial charge is 0.271 e. The lowest BCUT2D eigenvalue weighted by Gasteiger charge is -2.21. The molecule has 1 heterocycles. The van der Waals surface area contributed by atoms with E-state index >= 15 is 0 Å². The first-order valence-corrected chi connectivity index (χ1v) is 4.93. The van der Waals surface area contributed by atoms with Crippen LogP contribution in [-0.2, 0) is 0 Å². The molecule has 0 aliphatic carbocycles. The van der Waals surface area contributed by atoms with Gasteiger partial charge in [-0.25, -0.2) is 0 Å². The second-order valence-electron chi connectivity index (χ2n) is 3.71. The van der Waals surface area contributed by atoms with Gasteiger partial charge in [-0.05, 0) is 18.9 Å². The average Bonchev–Trinajstić information content (AvgIpc) is 2.65. The van der Waals surface area contributed by atoms with Crippen molar-refractivity contribution in [3.05, 3.63) is 18.0 Å². The second kappa shape index (κ2) is 4.79. The van der Waals surface area contributed by atoms with Gasteiger partial charge in [0, 0.05) is 19.3 Å². The van der Waals surface area contributed by atoms with Crippen molar-refractivity contribution in [2.24, 2.45) is 5.92 Å². The van der Waals surface area contributed by atoms with Crippen LogP contribution in [0.2, 0.25) is 0 Å². The van der Waals surface area contributed by atoms with Crippen molar-refractivity contribution < 1.29 is 4.79 Å². The van der Waals surface area contributed by atoms with Gasteiger partial charge in [-0.15, -0.1) is 0 Å². The topological polar surface area (TPSA) is 49.0 Å². The van der Waals surface area contributed by atoms with Gasteiger partial charge >= 0.3 is 0 Å². The van der Waals surface area contributed by atoms with E-state index in [1.165, 1.54) is 0 Å². The number of nitrogens with zero attached hydrogens (tertiary/aromatic N) is 2. The Kier molecular flexibility index (Phi) is 3.68. The fraction of sp³-hybridized carbons (Fsp3) is 0.600. The van der Waals surface area contributed by atoms with Crippen LogP contribution in [0.1, 0.15) is 31.3 Å². The Morgan fingerprint density at radius 2 is 2.36 bits per heavy atom. The van der Waals surface area contributed by atoms with Crippen LogP contribution in [0.5, 0.6) is 0 Å². The molecule has 1 aromatic rings. The Bertz CT molecular complexity index is 280. The predicted octanol–water partition coefficient (Wildman–Crippen LogP) is 1.53. The highest BCUT2D eigenvalue weighted by atomic mass is 16.2. The number of aromatic nitrogens is 2. The third-order valence-electron chi connectivity index (χ3n) is 1.99. The minimum absolute atomic E-state index is 0.0266. The summed E-state index contributed by atoms with van der Waals surface area (Å²) in [6.07, 6.45) is 1.59. The van der Waals surface area contributed by atoms with E-state index in [0.717, 1.165) is 13.1 Å². The standard InChI is InChI=1S/C10H17N3O/c1-4-13(7-8(2)3)10(14)9-5-6-11-12-9/h5-6,8H,4,7H2,1-3H3,(H,11,12). The molecule has 4 heteroatoms. The Morgan fingerprint density at radius 3 is 2.79 bits per heavy atom. The summed E-state index contributed by atoms with van der Waals surface area (Å²) in [7, 11) is 0. The number of rotatable bonds is 4. The van der Waals surface area contributed by atoms with Gasteiger partial charge in [0.05, 0.1) is 0 Å². The molecular weight excluding hydrogens is 178 g/mol. The number of carbonyl (C=O) groups is 1. The molecule has 1 rings (SSSR count). The van der Waals surface area contributed by atoms with Crippen LogP contribution in [0, 0.1) is 5.92 Å². The Labute approximate surface area is 84.3 Å². The molecule has 0 bridgehead atoms. The lowest BCUT2D eigenvalue weighted by atomic mass is 10.2. The highest BCUT2D eigenvalue weighted by Crippen LogP contribution is 2.04. The lowest BCUT2D eigenvalue weighted by molar-refractivity contribution is 0.0740. The monoisotopic (exact) mass is 195 g/mol. The summed E-state index contributed by atoms with van der Waals surface area (Å²) in [6, 6.07) is 1.70. The fourth-order valence-corrected chi connectivity index (χ4v) is 1.34. The summed E-state index contributed by atoms with van der Waals surface area (Å²) in [5, 5.41) is 6.45. The van der Waals surface area contributed by atoms with Gasteiger partial charge in [-0.2, -0.15) is 5.10 Å². The van der Waals surface area contributed by atoms with Crippen molar-refractivity contribution in [2.45, 2.75) is 20.8 Å². The molecule has 0 aromatic carbocycles. The zero-order chi connectivity index (χ0) is 10.6. The molecule has 0 radical (unpaired) electrons. The molecule has 0 spiro atoms. The van der Waals surface area contributed by atoms with Crippen LogP contribution in [0.4, 0.5) is 0 Å². The van der Waals surface area contributed by atoms with Crippen molar-refractivity contribution in [2.75, 3.05) is 13.1 Å². The van der Waals surface area contributed by atoms with Gasteiger partial charge in [0.25, 0.3) is 5.91 Å². The molecule has 0 saturated heterocycles. The van der Waals surface area contributed by atoms with Gasteiger partial charge < -0.3 is 4.90 Å². The van der Waals surface area contributed by atoms with E-state index in [4.69, 9.17) is 0 Å². The number of amides is 1. The maximum absolute atomic E-state index is 11.8. The van der Waals surface area contributed by atoms with Crippen molar-refractivity contribution in [3.63, 3.8) is 0 Å². The summed E-state index contributed by atoms with van der Waals surface area (Å²) < 4.78 is 0. The SMILES string of the molecule is CCN(CC(C)C)C(=O)c1ccn[nH]1. The number of H-pyrrole nitrogens is 1. The Morgan fingerprint density at radius 1 is 1.64 bits per heavy atom. The van der Waals surface area contributed by atoms with Crippen LogP contribution in [0.3, 0.4) is 0 Å². The number of hydrogen-bond acceptors (Lipinski definition) is 2. The fourth-order valence-electron chi connectivity index (χ4n) is 1.34. The summed E-state index contributed by atoms with van der Waals surface area (Å²) in [5.41, 5.74) is 0.563. The molecule has 1 N–H and O–H groups in total. The summed E-state index contributed by atoms with van der Waals surface area (Å²) >= 11 is 0. The average molecular weight is 195 g/mol. The number of hydrogen-bond donors (Lipinski definition) is 1. The molecule has 1 amide bonds. The molecule has 0 fully saturated rings. The number of nitrogens with one attached hydrogen (secondary N) is 1. The second-order valence-corrected chi connectivity index (χ2v) is 3.71. The maximum Gasteiger partial charge on any atom is 0.271 e. The van der Waals surface area contributed by atoms with E-state index in [0.29, 0.717) is 11.6 Å². The third-order valence-corrected chi connectivity index (χ3v) is 1.99. The van der Waals surface area contributed by atoms with Gasteiger partial charge in [0.1, 0.15) is 5.69 Å². The third kappa shape index (κ3) is 2.58. The van der Waals surface area contributed by atoms with Crippen molar-refractivity contribution in [1.29, 1.82) is 0 Å². The predicted molar refractivity (Wildman–Crippen MR) is 55.0 cm³/mol. The van der Waals surface area contributed by atoms with Crippen LogP contribution in [-0.4, -0.2) is 34.1 Å². The molecule has 0 unspecified atom stereocenters. The maximum atomic E-state index is 11.8. The first-order valence-electron chi connectivity index (χ1n) is 4.93. The van der Waals surface area contributed by atoms with Crippen molar-refractivity contribution in [3.8, 4) is 0 Å². The van der Waals surface area contributed by atoms with Crippen LogP contribution in [0.15, 0.2) is 12.3 Å². The lowest BCUT2D eigenvalue weighted by Crippen LogP contribution is -2.34. The van der Waals surface area contributed by atoms with Crippen LogP contribution >= 0.6 is 0 Å². The number of carbonyl (C=O) groups excluding carboxylic acids is 1. The normalized spacial score (nSPS) is 10.6. The molecule has 0 aliphatic rings. The summed E-state index contributed by atoms with van der Waals surface area (Å²) in [5.74, 6) is 0.514. The van der Waals surface area contributed by atoms with E-state index < -0.39 is 0 Å². The van der Waals surface area contributed by atoms with Crippen molar-refractivity contribution in [1.82, 2.24) is 15.1 Å². The molecule has 0 saturated carbocycles. The van der Waals surface area contributed by atoms with E-state index in [-0.39, 0.29) is 5.91 Å². The molecule has 14 heavy (non-hydrogen) atoms. The van der Waals surface area contributed by atoms with Gasteiger partial charge in [-0.1, -0.05) is 13.8 Å². The van der Waals surface area contributed by atoms with Crippen molar-refractivity contribution >= 4 is 5.91 Å². The van der Waals surface area contributed by atoms with Gasteiger partial charge in [0.2, 0.25) is 0 Å². The van der Waals surface area contributed by atoms with E-state index in [2.05, 4.69) is 24.0 Å². The largest absolute Gasteiger partial charge is 0.337 e. The molecule has 0 atom stereocenters. The molecule has 1 aromatic heterocycles. The molecule has 4 nitrogen and oxygen atoms in total. The van der Waals surface area contributed by atoms with E-state index in [1.54, 1.807) is 12.3 Å². The zero-order valence-corrected chi connectivity index (χ0v) is 8.95. The Balaban J connectivity index is 2.66. The highest BCUT2D eigenvalue weighted by molar-refractivity contribution is 5.92. The first kappa shape index (κ1) is 10.8. The zero-order valence-electron chi connectivity index (χ0n) is 8.95. The molecular formula is C10H17N3O. The Hall–Kier alpha value is -1.32. The highest BCUT2D eigenvalue weighted by Gasteiger charge is 2.15. The number of aromatic amines is 1. The summed E-state index contributed by atoms with van der Waals surface area (Å²) in [6.45, 7) is 7.70. The molecule has 78 valence electrons. The van der Waals surface area contributed by atoms with Crippen LogP contribution < -0.4 is 0 Å². The van der Waals surface area contributed by atoms with E-state index in [9.17, 15) is 4.79 Å². The minimum atomic E-state index is 0.0266. The molecule has 0 aliphatic heterocycles. The summed E-state index contributed by atoms with van der Waals surface area (Å²) in [4.78, 5) is 13.6. The van der Waals surface area contributed by atoms with Gasteiger partial charge in [0.15, 0.2) is 0 Å².